The van der Waals surface area contributed by atoms with Crippen molar-refractivity contribution in [2.45, 2.75) is 6.61 Å². The molecule has 0 atom stereocenters. The predicted molar refractivity (Wildman–Crippen MR) is 72.9 cm³/mol. The first-order valence-corrected chi connectivity index (χ1v) is 6.12. The van der Waals surface area contributed by atoms with E-state index in [2.05, 4.69) is 4.98 Å². The normalized spacial score (nSPS) is 10.6. The van der Waals surface area contributed by atoms with Gasteiger partial charge in [0, 0.05) is 12.4 Å². The summed E-state index contributed by atoms with van der Waals surface area (Å²) in [6, 6.07) is 12.6. The predicted octanol–water partition coefficient (Wildman–Crippen LogP) is 2.61. The maximum atomic E-state index is 11.1. The second-order valence-corrected chi connectivity index (χ2v) is 4.29. The van der Waals surface area contributed by atoms with E-state index in [4.69, 9.17) is 9.84 Å². The van der Waals surface area contributed by atoms with Crippen LogP contribution in [0.5, 0.6) is 5.75 Å². The zero-order valence-electron chi connectivity index (χ0n) is 10.6. The number of rotatable bonds is 4. The van der Waals surface area contributed by atoms with Gasteiger partial charge in [-0.1, -0.05) is 18.2 Å². The number of ether oxygens (including phenoxy) is 1. The monoisotopic (exact) mass is 268 g/mol. The Balaban J connectivity index is 1.86. The molecule has 3 aromatic rings. The molecule has 0 aliphatic carbocycles. The van der Waals surface area contributed by atoms with Crippen LogP contribution in [-0.4, -0.2) is 20.5 Å². The van der Waals surface area contributed by atoms with Gasteiger partial charge in [-0.05, 0) is 24.3 Å². The largest absolute Gasteiger partial charge is 0.487 e. The molecule has 5 nitrogen and oxygen atoms in total. The minimum atomic E-state index is -0.989. The Morgan fingerprint density at radius 3 is 2.75 bits per heavy atom. The number of benzene rings is 1. The van der Waals surface area contributed by atoms with Crippen LogP contribution in [0, 0.1) is 0 Å². The van der Waals surface area contributed by atoms with Crippen molar-refractivity contribution in [1.82, 2.24) is 9.38 Å². The van der Waals surface area contributed by atoms with E-state index in [1.807, 2.05) is 30.3 Å². The van der Waals surface area contributed by atoms with E-state index in [0.717, 1.165) is 5.75 Å². The summed E-state index contributed by atoms with van der Waals surface area (Å²) in [5, 5.41) is 9.12. The number of fused-ring (bicyclic) bond motifs is 1. The highest BCUT2D eigenvalue weighted by Gasteiger charge is 2.11. The second kappa shape index (κ2) is 5.05. The molecule has 0 fully saturated rings. The van der Waals surface area contributed by atoms with Crippen molar-refractivity contribution in [3.8, 4) is 5.75 Å². The Labute approximate surface area is 115 Å². The number of pyridine rings is 1. The molecule has 0 aliphatic heterocycles. The van der Waals surface area contributed by atoms with Gasteiger partial charge in [-0.15, -0.1) is 0 Å². The van der Waals surface area contributed by atoms with Crippen LogP contribution in [0.2, 0.25) is 0 Å². The van der Waals surface area contributed by atoms with Crippen LogP contribution < -0.4 is 4.74 Å². The molecule has 3 rings (SSSR count). The van der Waals surface area contributed by atoms with Crippen LogP contribution in [0.3, 0.4) is 0 Å². The van der Waals surface area contributed by atoms with E-state index in [0.29, 0.717) is 17.9 Å². The zero-order valence-corrected chi connectivity index (χ0v) is 10.6. The SMILES string of the molecule is O=C(O)c1cccn2cc(COc3ccccc3)nc12. The molecule has 0 amide bonds. The second-order valence-electron chi connectivity index (χ2n) is 4.29. The molecule has 2 aromatic heterocycles. The summed E-state index contributed by atoms with van der Waals surface area (Å²) in [6.07, 6.45) is 3.53. The van der Waals surface area contributed by atoms with Crippen molar-refractivity contribution in [2.75, 3.05) is 0 Å². The Hall–Kier alpha value is -2.82. The van der Waals surface area contributed by atoms with Gasteiger partial charge in [-0.3, -0.25) is 0 Å². The maximum absolute atomic E-state index is 11.1. The fraction of sp³-hybridized carbons (Fsp3) is 0.0667. The molecule has 20 heavy (non-hydrogen) atoms. The van der Waals surface area contributed by atoms with Crippen molar-refractivity contribution in [3.63, 3.8) is 0 Å². The lowest BCUT2D eigenvalue weighted by Crippen LogP contribution is -2.00. The van der Waals surface area contributed by atoms with Gasteiger partial charge in [0.25, 0.3) is 0 Å². The number of hydrogen-bond acceptors (Lipinski definition) is 3. The summed E-state index contributed by atoms with van der Waals surface area (Å²) in [6.45, 7) is 0.296. The Bertz CT molecular complexity index is 750. The van der Waals surface area contributed by atoms with Gasteiger partial charge in [0.05, 0.1) is 5.69 Å². The van der Waals surface area contributed by atoms with Gasteiger partial charge in [0.2, 0.25) is 0 Å². The minimum Gasteiger partial charge on any atom is -0.487 e. The van der Waals surface area contributed by atoms with Crippen LogP contribution in [0.4, 0.5) is 0 Å². The molecular weight excluding hydrogens is 256 g/mol. The highest BCUT2D eigenvalue weighted by Crippen LogP contribution is 2.14. The van der Waals surface area contributed by atoms with Crippen LogP contribution >= 0.6 is 0 Å². The summed E-state index contributed by atoms with van der Waals surface area (Å²) in [4.78, 5) is 15.4. The number of imidazole rings is 1. The van der Waals surface area contributed by atoms with Crippen molar-refractivity contribution in [2.24, 2.45) is 0 Å². The fourth-order valence-corrected chi connectivity index (χ4v) is 1.97. The lowest BCUT2D eigenvalue weighted by Gasteiger charge is -2.02. The van der Waals surface area contributed by atoms with Crippen molar-refractivity contribution >= 4 is 11.6 Å². The molecule has 5 heteroatoms. The topological polar surface area (TPSA) is 63.8 Å². The third-order valence-corrected chi connectivity index (χ3v) is 2.89. The molecule has 0 spiro atoms. The molecule has 100 valence electrons. The van der Waals surface area contributed by atoms with Gasteiger partial charge in [0.15, 0.2) is 5.65 Å². The number of carboxylic acid groups (broad SMARTS) is 1. The molecule has 0 unspecified atom stereocenters. The van der Waals surface area contributed by atoms with Crippen LogP contribution in [0.25, 0.3) is 5.65 Å². The van der Waals surface area contributed by atoms with E-state index in [9.17, 15) is 4.79 Å². The number of para-hydroxylation sites is 1. The van der Waals surface area contributed by atoms with E-state index < -0.39 is 5.97 Å². The number of carbonyl (C=O) groups is 1. The summed E-state index contributed by atoms with van der Waals surface area (Å²) in [7, 11) is 0. The number of hydrogen-bond donors (Lipinski definition) is 1. The first-order chi connectivity index (χ1) is 9.74. The standard InChI is InChI=1S/C15H12N2O3/c18-15(19)13-7-4-8-17-9-11(16-14(13)17)10-20-12-5-2-1-3-6-12/h1-9H,10H2,(H,18,19). The lowest BCUT2D eigenvalue weighted by atomic mass is 10.3. The van der Waals surface area contributed by atoms with Gasteiger partial charge >= 0.3 is 5.97 Å². The third-order valence-electron chi connectivity index (χ3n) is 2.89. The van der Waals surface area contributed by atoms with E-state index >= 15 is 0 Å². The maximum Gasteiger partial charge on any atom is 0.339 e. The van der Waals surface area contributed by atoms with E-state index in [1.165, 1.54) is 6.07 Å². The van der Waals surface area contributed by atoms with Crippen molar-refractivity contribution in [1.29, 1.82) is 0 Å². The van der Waals surface area contributed by atoms with Gasteiger partial charge < -0.3 is 14.2 Å². The van der Waals surface area contributed by atoms with Crippen molar-refractivity contribution in [3.05, 3.63) is 66.1 Å². The molecule has 0 saturated carbocycles. The highest BCUT2D eigenvalue weighted by atomic mass is 16.5. The molecule has 0 radical (unpaired) electrons. The molecule has 0 aliphatic rings. The summed E-state index contributed by atoms with van der Waals surface area (Å²) in [5.74, 6) is -0.236. The molecule has 0 bridgehead atoms. The number of nitrogens with zero attached hydrogens (tertiary/aromatic N) is 2. The first-order valence-electron chi connectivity index (χ1n) is 6.12. The van der Waals surface area contributed by atoms with Gasteiger partial charge in [0.1, 0.15) is 17.9 Å². The van der Waals surface area contributed by atoms with Gasteiger partial charge in [-0.2, -0.15) is 0 Å². The molecule has 1 aromatic carbocycles. The third kappa shape index (κ3) is 2.33. The Morgan fingerprint density at radius 1 is 1.20 bits per heavy atom. The summed E-state index contributed by atoms with van der Waals surface area (Å²) >= 11 is 0. The van der Waals surface area contributed by atoms with E-state index in [-0.39, 0.29) is 5.56 Å². The number of aromatic nitrogens is 2. The zero-order chi connectivity index (χ0) is 13.9. The average molecular weight is 268 g/mol. The van der Waals surface area contributed by atoms with Crippen LogP contribution in [-0.2, 0) is 6.61 Å². The first kappa shape index (κ1) is 12.2. The molecule has 2 heterocycles. The quantitative estimate of drug-likeness (QED) is 0.790. The number of carboxylic acids is 1. The highest BCUT2D eigenvalue weighted by molar-refractivity contribution is 5.94. The lowest BCUT2D eigenvalue weighted by molar-refractivity contribution is 0.0698. The Morgan fingerprint density at radius 2 is 2.00 bits per heavy atom. The summed E-state index contributed by atoms with van der Waals surface area (Å²) < 4.78 is 7.29. The van der Waals surface area contributed by atoms with E-state index in [1.54, 1.807) is 22.9 Å². The van der Waals surface area contributed by atoms with Crippen molar-refractivity contribution < 1.29 is 14.6 Å². The molecular formula is C15H12N2O3. The minimum absolute atomic E-state index is 0.179. The van der Waals surface area contributed by atoms with Crippen LogP contribution in [0.1, 0.15) is 16.1 Å². The van der Waals surface area contributed by atoms with Crippen LogP contribution in [0.15, 0.2) is 54.9 Å². The fourth-order valence-electron chi connectivity index (χ4n) is 1.97. The average Bonchev–Trinajstić information content (AvgIpc) is 2.88. The Kier molecular flexibility index (Phi) is 3.09. The smallest absolute Gasteiger partial charge is 0.339 e. The number of aromatic carboxylic acids is 1. The van der Waals surface area contributed by atoms with Gasteiger partial charge in [-0.25, -0.2) is 9.78 Å². The molecule has 1 N–H and O–H groups in total. The molecule has 0 saturated heterocycles. The summed E-state index contributed by atoms with van der Waals surface area (Å²) in [5.41, 5.74) is 1.28.